The highest BCUT2D eigenvalue weighted by Crippen LogP contribution is 2.27. The topological polar surface area (TPSA) is 62.2 Å². The lowest BCUT2D eigenvalue weighted by Gasteiger charge is -1.99. The minimum atomic E-state index is -0.114. The first-order valence-corrected chi connectivity index (χ1v) is 7.14. The van der Waals surface area contributed by atoms with Crippen LogP contribution in [0.1, 0.15) is 12.6 Å². The lowest BCUT2D eigenvalue weighted by Crippen LogP contribution is -2.05. The summed E-state index contributed by atoms with van der Waals surface area (Å²) in [6.07, 6.45) is 0. The third-order valence-electron chi connectivity index (χ3n) is 2.04. The van der Waals surface area contributed by atoms with E-state index in [1.54, 1.807) is 30.0 Å². The molecule has 0 bridgehead atoms. The molecule has 0 aliphatic carbocycles. The minimum Gasteiger partial charge on any atom is -0.508 e. The molecule has 6 heteroatoms. The summed E-state index contributed by atoms with van der Waals surface area (Å²) in [5, 5.41) is 14.5. The summed E-state index contributed by atoms with van der Waals surface area (Å²) in [7, 11) is 0. The van der Waals surface area contributed by atoms with E-state index in [1.807, 2.05) is 11.4 Å². The molecule has 2 rings (SSSR count). The molecule has 1 heterocycles. The van der Waals surface area contributed by atoms with Crippen molar-refractivity contribution in [2.45, 2.75) is 17.6 Å². The van der Waals surface area contributed by atoms with E-state index in [9.17, 15) is 9.90 Å². The van der Waals surface area contributed by atoms with Crippen LogP contribution in [0, 0.1) is 0 Å². The molecule has 0 atom stereocenters. The maximum absolute atomic E-state index is 10.9. The summed E-state index contributed by atoms with van der Waals surface area (Å²) in [4.78, 5) is 16.1. The molecule has 0 aliphatic rings. The number of hydrogen-bond acceptors (Lipinski definition) is 5. The predicted octanol–water partition coefficient (Wildman–Crippen LogP) is 3.10. The number of thioether (sulfide) groups is 1. The molecular weight excluding hydrogens is 268 g/mol. The fourth-order valence-electron chi connectivity index (χ4n) is 1.31. The van der Waals surface area contributed by atoms with Crippen molar-refractivity contribution in [3.05, 3.63) is 35.3 Å². The largest absolute Gasteiger partial charge is 0.508 e. The number of phenols is 1. The Morgan fingerprint density at radius 1 is 1.56 bits per heavy atom. The molecule has 2 N–H and O–H groups in total. The second-order valence-electron chi connectivity index (χ2n) is 3.61. The van der Waals surface area contributed by atoms with Crippen LogP contribution in [0.2, 0.25) is 0 Å². The SMILES string of the molecule is CC(=O)Nc1nc(CSc2cccc(O)c2)cs1. The van der Waals surface area contributed by atoms with Crippen molar-refractivity contribution in [2.75, 3.05) is 5.32 Å². The average molecular weight is 280 g/mol. The van der Waals surface area contributed by atoms with Gasteiger partial charge in [0.25, 0.3) is 0 Å². The fourth-order valence-corrected chi connectivity index (χ4v) is 3.01. The van der Waals surface area contributed by atoms with Gasteiger partial charge >= 0.3 is 0 Å². The number of aromatic nitrogens is 1. The second kappa shape index (κ2) is 5.88. The van der Waals surface area contributed by atoms with Crippen LogP contribution in [0.5, 0.6) is 5.75 Å². The number of carbonyl (C=O) groups excluding carboxylic acids is 1. The van der Waals surface area contributed by atoms with Crippen LogP contribution in [-0.2, 0) is 10.5 Å². The molecule has 0 radical (unpaired) electrons. The molecular formula is C12H12N2O2S2. The zero-order valence-corrected chi connectivity index (χ0v) is 11.3. The Morgan fingerprint density at radius 3 is 3.11 bits per heavy atom. The molecule has 0 unspecified atom stereocenters. The Morgan fingerprint density at radius 2 is 2.39 bits per heavy atom. The lowest BCUT2D eigenvalue weighted by molar-refractivity contribution is -0.114. The maximum Gasteiger partial charge on any atom is 0.223 e. The first-order chi connectivity index (χ1) is 8.63. The number of rotatable bonds is 4. The maximum atomic E-state index is 10.9. The van der Waals surface area contributed by atoms with Gasteiger partial charge in [-0.3, -0.25) is 4.79 Å². The second-order valence-corrected chi connectivity index (χ2v) is 5.52. The molecule has 0 saturated heterocycles. The monoisotopic (exact) mass is 280 g/mol. The number of benzene rings is 1. The molecule has 1 amide bonds. The van der Waals surface area contributed by atoms with Crippen molar-refractivity contribution < 1.29 is 9.90 Å². The zero-order valence-electron chi connectivity index (χ0n) is 9.71. The van der Waals surface area contributed by atoms with Crippen molar-refractivity contribution in [3.63, 3.8) is 0 Å². The van der Waals surface area contributed by atoms with Gasteiger partial charge in [0.1, 0.15) is 5.75 Å². The van der Waals surface area contributed by atoms with Gasteiger partial charge in [0.15, 0.2) is 5.13 Å². The molecule has 1 aromatic carbocycles. The van der Waals surface area contributed by atoms with Gasteiger partial charge in [-0.05, 0) is 18.2 Å². The normalized spacial score (nSPS) is 10.3. The number of anilines is 1. The smallest absolute Gasteiger partial charge is 0.223 e. The summed E-state index contributed by atoms with van der Waals surface area (Å²) in [5.41, 5.74) is 0.914. The summed E-state index contributed by atoms with van der Waals surface area (Å²) >= 11 is 3.00. The first-order valence-electron chi connectivity index (χ1n) is 5.27. The summed E-state index contributed by atoms with van der Waals surface area (Å²) in [5.74, 6) is 0.855. The summed E-state index contributed by atoms with van der Waals surface area (Å²) in [6.45, 7) is 1.46. The molecule has 0 saturated carbocycles. The van der Waals surface area contributed by atoms with E-state index in [4.69, 9.17) is 0 Å². The van der Waals surface area contributed by atoms with E-state index in [2.05, 4.69) is 10.3 Å². The molecule has 94 valence electrons. The van der Waals surface area contributed by atoms with Crippen LogP contribution in [0.15, 0.2) is 34.5 Å². The number of aromatic hydroxyl groups is 1. The standard InChI is InChI=1S/C12H12N2O2S2/c1-8(15)13-12-14-9(7-18-12)6-17-11-4-2-3-10(16)5-11/h2-5,7,16H,6H2,1H3,(H,13,14,15). The lowest BCUT2D eigenvalue weighted by atomic mass is 10.3. The molecule has 4 nitrogen and oxygen atoms in total. The van der Waals surface area contributed by atoms with Crippen LogP contribution in [0.25, 0.3) is 0 Å². The van der Waals surface area contributed by atoms with Crippen molar-refractivity contribution in [1.29, 1.82) is 0 Å². The Hall–Kier alpha value is -1.53. The third-order valence-corrected chi connectivity index (χ3v) is 3.87. The van der Waals surface area contributed by atoms with Crippen LogP contribution < -0.4 is 5.32 Å². The molecule has 1 aromatic heterocycles. The van der Waals surface area contributed by atoms with Gasteiger partial charge in [0.05, 0.1) is 5.69 Å². The van der Waals surface area contributed by atoms with Gasteiger partial charge in [-0.25, -0.2) is 4.98 Å². The average Bonchev–Trinajstić information content (AvgIpc) is 2.73. The molecule has 0 aliphatic heterocycles. The molecule has 0 spiro atoms. The zero-order chi connectivity index (χ0) is 13.0. The van der Waals surface area contributed by atoms with E-state index in [-0.39, 0.29) is 11.7 Å². The molecule has 18 heavy (non-hydrogen) atoms. The van der Waals surface area contributed by atoms with E-state index >= 15 is 0 Å². The number of carbonyl (C=O) groups is 1. The van der Waals surface area contributed by atoms with Crippen molar-refractivity contribution in [1.82, 2.24) is 4.98 Å². The van der Waals surface area contributed by atoms with Crippen molar-refractivity contribution in [2.24, 2.45) is 0 Å². The summed E-state index contributed by atoms with van der Waals surface area (Å²) in [6, 6.07) is 7.10. The van der Waals surface area contributed by atoms with Gasteiger partial charge < -0.3 is 10.4 Å². The number of thiazole rings is 1. The van der Waals surface area contributed by atoms with E-state index < -0.39 is 0 Å². The Balaban J connectivity index is 1.94. The summed E-state index contributed by atoms with van der Waals surface area (Å²) < 4.78 is 0. The van der Waals surface area contributed by atoms with Crippen molar-refractivity contribution in [3.8, 4) is 5.75 Å². The van der Waals surface area contributed by atoms with E-state index in [0.29, 0.717) is 10.9 Å². The molecule has 0 fully saturated rings. The van der Waals surface area contributed by atoms with E-state index in [1.165, 1.54) is 18.3 Å². The minimum absolute atomic E-state index is 0.114. The van der Waals surface area contributed by atoms with Crippen LogP contribution in [0.3, 0.4) is 0 Å². The van der Waals surface area contributed by atoms with Gasteiger partial charge in [0.2, 0.25) is 5.91 Å². The highest BCUT2D eigenvalue weighted by molar-refractivity contribution is 7.98. The number of nitrogens with one attached hydrogen (secondary N) is 1. The number of hydrogen-bond donors (Lipinski definition) is 2. The third kappa shape index (κ3) is 3.75. The number of phenolic OH excluding ortho intramolecular Hbond substituents is 1. The van der Waals surface area contributed by atoms with Gasteiger partial charge in [0, 0.05) is 23.0 Å². The van der Waals surface area contributed by atoms with Crippen LogP contribution >= 0.6 is 23.1 Å². The highest BCUT2D eigenvalue weighted by atomic mass is 32.2. The fraction of sp³-hybridized carbons (Fsp3) is 0.167. The number of amides is 1. The van der Waals surface area contributed by atoms with E-state index in [0.717, 1.165) is 10.6 Å². The first kappa shape index (κ1) is 12.9. The quantitative estimate of drug-likeness (QED) is 0.845. The van der Waals surface area contributed by atoms with Gasteiger partial charge in [-0.1, -0.05) is 6.07 Å². The van der Waals surface area contributed by atoms with Crippen LogP contribution in [0.4, 0.5) is 5.13 Å². The van der Waals surface area contributed by atoms with Gasteiger partial charge in [-0.2, -0.15) is 0 Å². The Bertz CT molecular complexity index is 555. The predicted molar refractivity (Wildman–Crippen MR) is 74.1 cm³/mol. The highest BCUT2D eigenvalue weighted by Gasteiger charge is 2.04. The van der Waals surface area contributed by atoms with Gasteiger partial charge in [-0.15, -0.1) is 23.1 Å². The number of nitrogens with zero attached hydrogens (tertiary/aromatic N) is 1. The Kier molecular flexibility index (Phi) is 4.22. The Labute approximate surface area is 113 Å². The van der Waals surface area contributed by atoms with Crippen molar-refractivity contribution >= 4 is 34.1 Å². The molecule has 2 aromatic rings. The van der Waals surface area contributed by atoms with Crippen LogP contribution in [-0.4, -0.2) is 16.0 Å².